The van der Waals surface area contributed by atoms with E-state index in [0.717, 1.165) is 4.47 Å². The predicted molar refractivity (Wildman–Crippen MR) is 68.9 cm³/mol. The molecule has 0 saturated carbocycles. The van der Waals surface area contributed by atoms with Crippen molar-refractivity contribution in [2.75, 3.05) is 0 Å². The van der Waals surface area contributed by atoms with E-state index in [9.17, 15) is 9.18 Å². The summed E-state index contributed by atoms with van der Waals surface area (Å²) in [4.78, 5) is 11.5. The summed E-state index contributed by atoms with van der Waals surface area (Å²) < 4.78 is 15.8. The number of halogens is 3. The van der Waals surface area contributed by atoms with Crippen molar-refractivity contribution in [2.45, 2.75) is 6.54 Å². The molecule has 0 aliphatic carbocycles. The van der Waals surface area contributed by atoms with E-state index in [2.05, 4.69) is 15.9 Å². The molecule has 1 aromatic heterocycles. The van der Waals surface area contributed by atoms with Crippen LogP contribution in [0.2, 0.25) is 5.02 Å². The lowest BCUT2D eigenvalue weighted by Gasteiger charge is -2.07. The Kier molecular flexibility index (Phi) is 3.64. The number of hydrogen-bond donors (Lipinski definition) is 0. The van der Waals surface area contributed by atoms with Gasteiger partial charge in [-0.15, -0.1) is 0 Å². The molecule has 2 nitrogen and oxygen atoms in total. The van der Waals surface area contributed by atoms with Gasteiger partial charge in [-0.2, -0.15) is 0 Å². The Morgan fingerprint density at radius 2 is 2.06 bits per heavy atom. The second-order valence-corrected chi connectivity index (χ2v) is 4.90. The van der Waals surface area contributed by atoms with Gasteiger partial charge in [-0.05, 0) is 34.1 Å². The largest absolute Gasteiger partial charge is 0.310 e. The molecular weight excluding hydrogens is 308 g/mol. The van der Waals surface area contributed by atoms with Crippen LogP contribution in [0.5, 0.6) is 0 Å². The van der Waals surface area contributed by atoms with Gasteiger partial charge in [0.15, 0.2) is 0 Å². The smallest absolute Gasteiger partial charge is 0.250 e. The summed E-state index contributed by atoms with van der Waals surface area (Å²) in [5.74, 6) is -0.413. The Morgan fingerprint density at radius 1 is 1.29 bits per heavy atom. The van der Waals surface area contributed by atoms with E-state index in [0.29, 0.717) is 10.6 Å². The fraction of sp³-hybridized carbons (Fsp3) is 0.0833. The Hall–Kier alpha value is -1.13. The maximum absolute atomic E-state index is 13.6. The number of nitrogens with zero attached hydrogens (tertiary/aromatic N) is 1. The molecule has 5 heteroatoms. The van der Waals surface area contributed by atoms with Gasteiger partial charge in [0.2, 0.25) is 0 Å². The molecule has 17 heavy (non-hydrogen) atoms. The number of hydrogen-bond acceptors (Lipinski definition) is 1. The van der Waals surface area contributed by atoms with Crippen LogP contribution in [-0.2, 0) is 6.54 Å². The molecule has 0 fully saturated rings. The fourth-order valence-corrected chi connectivity index (χ4v) is 2.00. The van der Waals surface area contributed by atoms with E-state index < -0.39 is 5.82 Å². The maximum atomic E-state index is 13.6. The lowest BCUT2D eigenvalue weighted by Crippen LogP contribution is -2.19. The summed E-state index contributed by atoms with van der Waals surface area (Å²) in [5.41, 5.74) is 0.247. The molecule has 1 aromatic carbocycles. The van der Waals surface area contributed by atoms with Crippen molar-refractivity contribution in [3.05, 3.63) is 67.8 Å². The highest BCUT2D eigenvalue weighted by molar-refractivity contribution is 9.10. The van der Waals surface area contributed by atoms with Crippen molar-refractivity contribution in [3.63, 3.8) is 0 Å². The van der Waals surface area contributed by atoms with E-state index in [1.165, 1.54) is 16.7 Å². The third kappa shape index (κ3) is 2.96. The van der Waals surface area contributed by atoms with Crippen LogP contribution in [0.3, 0.4) is 0 Å². The lowest BCUT2D eigenvalue weighted by molar-refractivity contribution is 0.596. The van der Waals surface area contributed by atoms with Crippen molar-refractivity contribution in [1.29, 1.82) is 0 Å². The van der Waals surface area contributed by atoms with Gasteiger partial charge < -0.3 is 4.57 Å². The normalized spacial score (nSPS) is 10.5. The summed E-state index contributed by atoms with van der Waals surface area (Å²) in [6, 6.07) is 7.49. The Balaban J connectivity index is 2.38. The molecule has 1 heterocycles. The summed E-state index contributed by atoms with van der Waals surface area (Å²) >= 11 is 8.93. The van der Waals surface area contributed by atoms with Crippen LogP contribution in [0, 0.1) is 5.82 Å². The number of benzene rings is 1. The highest BCUT2D eigenvalue weighted by Crippen LogP contribution is 2.15. The SMILES string of the molecule is O=c1ccc(Br)cn1Cc1ccc(Cl)cc1F. The second kappa shape index (κ2) is 5.02. The third-order valence-corrected chi connectivity index (χ3v) is 3.01. The van der Waals surface area contributed by atoms with Gasteiger partial charge in [0.05, 0.1) is 6.54 Å². The molecule has 0 atom stereocenters. The van der Waals surface area contributed by atoms with Crippen molar-refractivity contribution in [3.8, 4) is 0 Å². The zero-order valence-electron chi connectivity index (χ0n) is 8.66. The van der Waals surface area contributed by atoms with Crippen LogP contribution < -0.4 is 5.56 Å². The monoisotopic (exact) mass is 315 g/mol. The van der Waals surface area contributed by atoms with Crippen LogP contribution in [0.15, 0.2) is 45.8 Å². The van der Waals surface area contributed by atoms with Crippen LogP contribution >= 0.6 is 27.5 Å². The zero-order valence-corrected chi connectivity index (χ0v) is 11.0. The molecule has 0 bridgehead atoms. The molecule has 88 valence electrons. The van der Waals surface area contributed by atoms with Gasteiger partial charge in [-0.3, -0.25) is 4.79 Å². The van der Waals surface area contributed by atoms with Gasteiger partial charge in [0.1, 0.15) is 5.82 Å². The van der Waals surface area contributed by atoms with Gasteiger partial charge in [-0.1, -0.05) is 17.7 Å². The van der Waals surface area contributed by atoms with Crippen LogP contribution in [0.1, 0.15) is 5.56 Å². The highest BCUT2D eigenvalue weighted by Gasteiger charge is 2.05. The number of pyridine rings is 1. The van der Waals surface area contributed by atoms with E-state index >= 15 is 0 Å². The molecule has 0 aliphatic heterocycles. The van der Waals surface area contributed by atoms with Crippen molar-refractivity contribution >= 4 is 27.5 Å². The van der Waals surface area contributed by atoms with Crippen LogP contribution in [0.25, 0.3) is 0 Å². The molecule has 0 N–H and O–H groups in total. The maximum Gasteiger partial charge on any atom is 0.250 e. The van der Waals surface area contributed by atoms with E-state index in [1.54, 1.807) is 24.4 Å². The Morgan fingerprint density at radius 3 is 2.76 bits per heavy atom. The predicted octanol–water partition coefficient (Wildman–Crippen LogP) is 3.45. The quantitative estimate of drug-likeness (QED) is 0.832. The molecule has 0 saturated heterocycles. The molecule has 2 rings (SSSR count). The van der Waals surface area contributed by atoms with Gasteiger partial charge in [-0.25, -0.2) is 4.39 Å². The zero-order chi connectivity index (χ0) is 12.4. The van der Waals surface area contributed by atoms with E-state index in [1.807, 2.05) is 0 Å². The highest BCUT2D eigenvalue weighted by atomic mass is 79.9. The first-order valence-electron chi connectivity index (χ1n) is 4.86. The minimum atomic E-state index is -0.413. The fourth-order valence-electron chi connectivity index (χ4n) is 1.46. The average Bonchev–Trinajstić information content (AvgIpc) is 2.27. The minimum absolute atomic E-state index is 0.178. The average molecular weight is 317 g/mol. The summed E-state index contributed by atoms with van der Waals surface area (Å²) in [5, 5.41) is 0.341. The van der Waals surface area contributed by atoms with Crippen molar-refractivity contribution < 1.29 is 4.39 Å². The lowest BCUT2D eigenvalue weighted by atomic mass is 10.2. The molecule has 2 aromatic rings. The standard InChI is InChI=1S/C12H8BrClFNO/c13-9-2-4-12(17)16(7-9)6-8-1-3-10(14)5-11(8)15/h1-5,7H,6H2. The first kappa shape index (κ1) is 12.3. The molecule has 0 radical (unpaired) electrons. The van der Waals surface area contributed by atoms with Crippen LogP contribution in [0.4, 0.5) is 4.39 Å². The summed E-state index contributed by atoms with van der Waals surface area (Å²) in [6.07, 6.45) is 1.62. The molecule has 0 amide bonds. The van der Waals surface area contributed by atoms with Gasteiger partial charge in [0.25, 0.3) is 5.56 Å². The van der Waals surface area contributed by atoms with E-state index in [4.69, 9.17) is 11.6 Å². The van der Waals surface area contributed by atoms with Crippen molar-refractivity contribution in [2.24, 2.45) is 0 Å². The molecular formula is C12H8BrClFNO. The van der Waals surface area contributed by atoms with Gasteiger partial charge in [0, 0.05) is 27.3 Å². The summed E-state index contributed by atoms with van der Waals surface area (Å²) in [6.45, 7) is 0.182. The van der Waals surface area contributed by atoms with Gasteiger partial charge >= 0.3 is 0 Å². The van der Waals surface area contributed by atoms with Crippen LogP contribution in [-0.4, -0.2) is 4.57 Å². The topological polar surface area (TPSA) is 22.0 Å². The number of rotatable bonds is 2. The first-order valence-corrected chi connectivity index (χ1v) is 6.03. The molecule has 0 unspecified atom stereocenters. The minimum Gasteiger partial charge on any atom is -0.310 e. The second-order valence-electron chi connectivity index (χ2n) is 3.55. The third-order valence-electron chi connectivity index (χ3n) is 2.30. The molecule has 0 spiro atoms. The van der Waals surface area contributed by atoms with E-state index in [-0.39, 0.29) is 12.1 Å². The van der Waals surface area contributed by atoms with Crippen molar-refractivity contribution in [1.82, 2.24) is 4.57 Å². The Labute approximate surface area is 111 Å². The first-order chi connectivity index (χ1) is 8.06. The Bertz CT molecular complexity index is 612. The molecule has 0 aliphatic rings. The number of aromatic nitrogens is 1. The summed E-state index contributed by atoms with van der Waals surface area (Å²) in [7, 11) is 0.